The van der Waals surface area contributed by atoms with Crippen LogP contribution in [0.2, 0.25) is 0 Å². The van der Waals surface area contributed by atoms with Gasteiger partial charge in [-0.15, -0.1) is 0 Å². The highest BCUT2D eigenvalue weighted by Gasteiger charge is 2.28. The van der Waals surface area contributed by atoms with E-state index < -0.39 is 0 Å². The van der Waals surface area contributed by atoms with Crippen LogP contribution in [0.4, 0.5) is 5.69 Å². The molecule has 22 heavy (non-hydrogen) atoms. The molecule has 5 heteroatoms. The molecular formula is C17H26N2O3. The minimum atomic E-state index is -0.321. The molecule has 2 rings (SSSR count). The second-order valence-electron chi connectivity index (χ2n) is 5.76. The molecular weight excluding hydrogens is 280 g/mol. The van der Waals surface area contributed by atoms with Crippen molar-refractivity contribution in [2.24, 2.45) is 0 Å². The molecule has 1 aromatic carbocycles. The topological polar surface area (TPSA) is 61.8 Å². The molecule has 2 atom stereocenters. The third-order valence-corrected chi connectivity index (χ3v) is 4.27. The van der Waals surface area contributed by atoms with E-state index in [2.05, 4.69) is 10.2 Å². The number of carbonyl (C=O) groups excluding carboxylic acids is 1. The van der Waals surface area contributed by atoms with Crippen LogP contribution in [-0.2, 0) is 4.79 Å². The van der Waals surface area contributed by atoms with Gasteiger partial charge < -0.3 is 15.2 Å². The summed E-state index contributed by atoms with van der Waals surface area (Å²) in [5, 5.41) is 13.0. The Bertz CT molecular complexity index is 493. The lowest BCUT2D eigenvalue weighted by molar-refractivity contribution is -0.118. The molecule has 0 aliphatic heterocycles. The van der Waals surface area contributed by atoms with Gasteiger partial charge in [-0.05, 0) is 31.5 Å². The largest absolute Gasteiger partial charge is 0.497 e. The first-order valence-electron chi connectivity index (χ1n) is 8.00. The normalized spacial score (nSPS) is 21.6. The predicted octanol–water partition coefficient (Wildman–Crippen LogP) is 2.26. The van der Waals surface area contributed by atoms with Gasteiger partial charge >= 0.3 is 0 Å². The van der Waals surface area contributed by atoms with Gasteiger partial charge in [-0.3, -0.25) is 9.69 Å². The minimum Gasteiger partial charge on any atom is -0.497 e. The molecule has 1 saturated carbocycles. The number of likely N-dealkylation sites (N-methyl/N-ethyl adjacent to an activating group) is 1. The SMILES string of the molecule is CCN(CC(=O)Nc1cccc(OC)c1)C1CCCCC1O. The Balaban J connectivity index is 1.93. The van der Waals surface area contributed by atoms with Crippen molar-refractivity contribution >= 4 is 11.6 Å². The van der Waals surface area contributed by atoms with Gasteiger partial charge in [-0.25, -0.2) is 0 Å². The summed E-state index contributed by atoms with van der Waals surface area (Å²) >= 11 is 0. The van der Waals surface area contributed by atoms with Crippen molar-refractivity contribution in [1.82, 2.24) is 4.90 Å². The number of amides is 1. The molecule has 0 saturated heterocycles. The van der Waals surface area contributed by atoms with Crippen molar-refractivity contribution in [2.45, 2.75) is 44.8 Å². The maximum atomic E-state index is 12.3. The predicted molar refractivity (Wildman–Crippen MR) is 87.1 cm³/mol. The van der Waals surface area contributed by atoms with Gasteiger partial charge in [0.25, 0.3) is 0 Å². The molecule has 0 aromatic heterocycles. The quantitative estimate of drug-likeness (QED) is 0.846. The summed E-state index contributed by atoms with van der Waals surface area (Å²) in [4.78, 5) is 14.3. The lowest BCUT2D eigenvalue weighted by atomic mass is 9.91. The standard InChI is InChI=1S/C17H26N2O3/c1-3-19(15-9-4-5-10-16(15)20)12-17(21)18-13-7-6-8-14(11-13)22-2/h6-8,11,15-16,20H,3-5,9-10,12H2,1-2H3,(H,18,21). The molecule has 2 unspecified atom stereocenters. The van der Waals surface area contributed by atoms with Gasteiger partial charge in [0.2, 0.25) is 5.91 Å². The lowest BCUT2D eigenvalue weighted by Gasteiger charge is -2.36. The first kappa shape index (κ1) is 16.8. The van der Waals surface area contributed by atoms with Crippen LogP contribution < -0.4 is 10.1 Å². The Kier molecular flexibility index (Phi) is 6.21. The third-order valence-electron chi connectivity index (χ3n) is 4.27. The maximum absolute atomic E-state index is 12.3. The van der Waals surface area contributed by atoms with E-state index in [1.165, 1.54) is 0 Å². The summed E-state index contributed by atoms with van der Waals surface area (Å²) < 4.78 is 5.15. The molecule has 1 aliphatic carbocycles. The van der Waals surface area contributed by atoms with E-state index in [4.69, 9.17) is 4.74 Å². The van der Waals surface area contributed by atoms with E-state index in [1.807, 2.05) is 25.1 Å². The zero-order valence-electron chi connectivity index (χ0n) is 13.4. The Labute approximate surface area is 132 Å². The number of benzene rings is 1. The molecule has 0 bridgehead atoms. The number of aliphatic hydroxyl groups is 1. The maximum Gasteiger partial charge on any atom is 0.238 e. The van der Waals surface area contributed by atoms with Gasteiger partial charge in [-0.2, -0.15) is 0 Å². The number of methoxy groups -OCH3 is 1. The summed E-state index contributed by atoms with van der Waals surface area (Å²) in [7, 11) is 1.60. The number of nitrogens with one attached hydrogen (secondary N) is 1. The van der Waals surface area contributed by atoms with Crippen LogP contribution in [0.25, 0.3) is 0 Å². The third kappa shape index (κ3) is 4.45. The van der Waals surface area contributed by atoms with Crippen molar-refractivity contribution in [1.29, 1.82) is 0 Å². The average Bonchev–Trinajstić information content (AvgIpc) is 2.53. The number of rotatable bonds is 6. The summed E-state index contributed by atoms with van der Waals surface area (Å²) in [5.74, 6) is 0.653. The minimum absolute atomic E-state index is 0.0622. The highest BCUT2D eigenvalue weighted by Crippen LogP contribution is 2.23. The fourth-order valence-corrected chi connectivity index (χ4v) is 3.07. The first-order chi connectivity index (χ1) is 10.6. The highest BCUT2D eigenvalue weighted by atomic mass is 16.5. The molecule has 1 amide bonds. The molecule has 0 heterocycles. The summed E-state index contributed by atoms with van der Waals surface area (Å²) in [6.45, 7) is 3.09. The molecule has 5 nitrogen and oxygen atoms in total. The fourth-order valence-electron chi connectivity index (χ4n) is 3.07. The second-order valence-corrected chi connectivity index (χ2v) is 5.76. The smallest absolute Gasteiger partial charge is 0.238 e. The number of carbonyl (C=O) groups is 1. The number of anilines is 1. The molecule has 0 spiro atoms. The summed E-state index contributed by atoms with van der Waals surface area (Å²) in [6, 6.07) is 7.41. The molecule has 2 N–H and O–H groups in total. The number of nitrogens with zero attached hydrogens (tertiary/aromatic N) is 1. The monoisotopic (exact) mass is 306 g/mol. The van der Waals surface area contributed by atoms with E-state index in [9.17, 15) is 9.90 Å². The van der Waals surface area contributed by atoms with Gasteiger partial charge in [0.15, 0.2) is 0 Å². The van der Waals surface area contributed by atoms with Gasteiger partial charge in [0.1, 0.15) is 5.75 Å². The van der Waals surface area contributed by atoms with Crippen LogP contribution in [0, 0.1) is 0 Å². The van der Waals surface area contributed by atoms with Crippen LogP contribution in [0.5, 0.6) is 5.75 Å². The molecule has 1 fully saturated rings. The first-order valence-corrected chi connectivity index (χ1v) is 8.00. The lowest BCUT2D eigenvalue weighted by Crippen LogP contribution is -2.48. The Morgan fingerprint density at radius 2 is 2.18 bits per heavy atom. The van der Waals surface area contributed by atoms with Gasteiger partial charge in [0.05, 0.1) is 19.8 Å². The number of ether oxygens (including phenoxy) is 1. The van der Waals surface area contributed by atoms with Crippen molar-refractivity contribution in [3.63, 3.8) is 0 Å². The van der Waals surface area contributed by atoms with E-state index in [0.717, 1.165) is 37.9 Å². The van der Waals surface area contributed by atoms with Gasteiger partial charge in [-0.1, -0.05) is 25.8 Å². The number of aliphatic hydroxyl groups excluding tert-OH is 1. The van der Waals surface area contributed by atoms with Gasteiger partial charge in [0, 0.05) is 17.8 Å². The molecule has 1 aliphatic rings. The van der Waals surface area contributed by atoms with Crippen LogP contribution in [0.3, 0.4) is 0 Å². The van der Waals surface area contributed by atoms with E-state index in [-0.39, 0.29) is 18.1 Å². The fraction of sp³-hybridized carbons (Fsp3) is 0.588. The van der Waals surface area contributed by atoms with Crippen molar-refractivity contribution in [3.8, 4) is 5.75 Å². The average molecular weight is 306 g/mol. The number of hydrogen-bond donors (Lipinski definition) is 2. The zero-order valence-corrected chi connectivity index (χ0v) is 13.4. The van der Waals surface area contributed by atoms with Crippen molar-refractivity contribution in [2.75, 3.05) is 25.5 Å². The Hall–Kier alpha value is -1.59. The van der Waals surface area contributed by atoms with E-state index in [1.54, 1.807) is 13.2 Å². The van der Waals surface area contributed by atoms with Crippen molar-refractivity contribution in [3.05, 3.63) is 24.3 Å². The highest BCUT2D eigenvalue weighted by molar-refractivity contribution is 5.92. The van der Waals surface area contributed by atoms with Crippen LogP contribution in [0.1, 0.15) is 32.6 Å². The zero-order chi connectivity index (χ0) is 15.9. The Morgan fingerprint density at radius 3 is 2.86 bits per heavy atom. The van der Waals surface area contributed by atoms with Crippen LogP contribution in [-0.4, -0.2) is 48.3 Å². The van der Waals surface area contributed by atoms with Crippen LogP contribution >= 0.6 is 0 Å². The number of hydrogen-bond acceptors (Lipinski definition) is 4. The Morgan fingerprint density at radius 1 is 1.41 bits per heavy atom. The van der Waals surface area contributed by atoms with Crippen molar-refractivity contribution < 1.29 is 14.6 Å². The van der Waals surface area contributed by atoms with Crippen LogP contribution in [0.15, 0.2) is 24.3 Å². The van der Waals surface area contributed by atoms with E-state index >= 15 is 0 Å². The summed E-state index contributed by atoms with van der Waals surface area (Å²) in [6.07, 6.45) is 3.67. The summed E-state index contributed by atoms with van der Waals surface area (Å²) in [5.41, 5.74) is 0.726. The molecule has 122 valence electrons. The second kappa shape index (κ2) is 8.15. The molecule has 0 radical (unpaired) electrons. The molecule has 1 aromatic rings. The van der Waals surface area contributed by atoms with E-state index in [0.29, 0.717) is 12.3 Å².